The Labute approximate surface area is 124 Å². The molecule has 1 amide bonds. The lowest BCUT2D eigenvalue weighted by Crippen LogP contribution is -2.28. The van der Waals surface area contributed by atoms with Crippen LogP contribution in [-0.2, 0) is 16.6 Å². The number of esters is 1. The molecule has 0 aromatic carbocycles. The fourth-order valence-corrected chi connectivity index (χ4v) is 2.99. The first kappa shape index (κ1) is 14.1. The molecule has 1 saturated heterocycles. The summed E-state index contributed by atoms with van der Waals surface area (Å²) in [6, 6.07) is 0.445. The number of hydrogen-bond acceptors (Lipinski definition) is 4. The van der Waals surface area contributed by atoms with Gasteiger partial charge in [-0.15, -0.1) is 0 Å². The number of amides is 1. The molecule has 0 N–H and O–H groups in total. The molecule has 1 aromatic rings. The largest absolute Gasteiger partial charge is 0.462 e. The number of aryl methyl sites for hydroxylation is 2. The third kappa shape index (κ3) is 2.66. The normalized spacial score (nSPS) is 22.0. The predicted molar refractivity (Wildman–Crippen MR) is 75.8 cm³/mol. The summed E-state index contributed by atoms with van der Waals surface area (Å²) in [4.78, 5) is 26.0. The fourth-order valence-electron chi connectivity index (χ4n) is 2.99. The van der Waals surface area contributed by atoms with Crippen LogP contribution in [0.25, 0.3) is 0 Å². The van der Waals surface area contributed by atoms with Crippen LogP contribution in [0.4, 0.5) is 0 Å². The number of aromatic nitrogens is 2. The van der Waals surface area contributed by atoms with Gasteiger partial charge in [-0.2, -0.15) is 5.10 Å². The number of hydrogen-bond donors (Lipinski definition) is 0. The van der Waals surface area contributed by atoms with E-state index in [2.05, 4.69) is 5.10 Å². The van der Waals surface area contributed by atoms with Crippen LogP contribution in [0, 0.1) is 19.8 Å². The van der Waals surface area contributed by atoms with E-state index in [-0.39, 0.29) is 17.8 Å². The van der Waals surface area contributed by atoms with Crippen LogP contribution >= 0.6 is 0 Å². The Morgan fingerprint density at radius 2 is 2.10 bits per heavy atom. The van der Waals surface area contributed by atoms with Gasteiger partial charge in [-0.05, 0) is 26.7 Å². The van der Waals surface area contributed by atoms with Gasteiger partial charge in [0.25, 0.3) is 0 Å². The second kappa shape index (κ2) is 5.16. The number of carbonyl (C=O) groups is 2. The average molecular weight is 291 g/mol. The second-order valence-corrected chi connectivity index (χ2v) is 6.12. The maximum Gasteiger partial charge on any atom is 0.341 e. The van der Waals surface area contributed by atoms with Crippen molar-refractivity contribution in [1.29, 1.82) is 0 Å². The van der Waals surface area contributed by atoms with Crippen LogP contribution in [0.15, 0.2) is 0 Å². The highest BCUT2D eigenvalue weighted by Gasteiger charge is 2.39. The number of carbonyl (C=O) groups excluding carboxylic acids is 2. The van der Waals surface area contributed by atoms with E-state index >= 15 is 0 Å². The minimum absolute atomic E-state index is 0.124. The third-order valence-electron chi connectivity index (χ3n) is 4.39. The molecule has 21 heavy (non-hydrogen) atoms. The summed E-state index contributed by atoms with van der Waals surface area (Å²) >= 11 is 0. The summed E-state index contributed by atoms with van der Waals surface area (Å²) in [5.74, 6) is -0.0120. The molecular weight excluding hydrogens is 270 g/mol. The molecule has 1 saturated carbocycles. The third-order valence-corrected chi connectivity index (χ3v) is 4.39. The maximum atomic E-state index is 12.2. The molecular formula is C15H21N3O3. The summed E-state index contributed by atoms with van der Waals surface area (Å²) in [6.07, 6.45) is 2.73. The fraction of sp³-hybridized carbons (Fsp3) is 0.667. The van der Waals surface area contributed by atoms with Crippen molar-refractivity contribution in [3.8, 4) is 0 Å². The molecule has 1 aliphatic heterocycles. The highest BCUT2D eigenvalue weighted by Crippen LogP contribution is 2.32. The minimum Gasteiger partial charge on any atom is -0.462 e. The van der Waals surface area contributed by atoms with Gasteiger partial charge < -0.3 is 9.64 Å². The minimum atomic E-state index is -0.338. The van der Waals surface area contributed by atoms with E-state index in [0.717, 1.165) is 25.1 Å². The van der Waals surface area contributed by atoms with Gasteiger partial charge in [0.05, 0.1) is 12.3 Å². The van der Waals surface area contributed by atoms with Gasteiger partial charge in [0.1, 0.15) is 5.56 Å². The topological polar surface area (TPSA) is 64.4 Å². The predicted octanol–water partition coefficient (Wildman–Crippen LogP) is 1.20. The molecule has 0 bridgehead atoms. The first-order valence-corrected chi connectivity index (χ1v) is 7.44. The van der Waals surface area contributed by atoms with E-state index in [4.69, 9.17) is 4.74 Å². The van der Waals surface area contributed by atoms with Crippen molar-refractivity contribution in [3.05, 3.63) is 17.0 Å². The van der Waals surface area contributed by atoms with E-state index in [1.54, 1.807) is 11.6 Å². The first-order chi connectivity index (χ1) is 9.97. The molecule has 0 radical (unpaired) electrons. The average Bonchev–Trinajstić information content (AvgIpc) is 3.14. The molecule has 6 nitrogen and oxygen atoms in total. The highest BCUT2D eigenvalue weighted by molar-refractivity contribution is 5.91. The quantitative estimate of drug-likeness (QED) is 0.782. The molecule has 114 valence electrons. The molecule has 1 atom stereocenters. The molecule has 3 rings (SSSR count). The Balaban J connectivity index is 1.58. The van der Waals surface area contributed by atoms with Gasteiger partial charge in [0, 0.05) is 37.7 Å². The van der Waals surface area contributed by atoms with Crippen molar-refractivity contribution in [2.45, 2.75) is 39.2 Å². The second-order valence-electron chi connectivity index (χ2n) is 6.12. The van der Waals surface area contributed by atoms with Crippen LogP contribution < -0.4 is 0 Å². The monoisotopic (exact) mass is 291 g/mol. The summed E-state index contributed by atoms with van der Waals surface area (Å²) in [5, 5.41) is 4.22. The highest BCUT2D eigenvalue weighted by atomic mass is 16.5. The standard InChI is InChI=1S/C15H21N3O3/c1-9-14(10(2)17(3)16-9)15(20)21-8-11-6-13(19)18(7-11)12-4-5-12/h11-12H,4-8H2,1-3H3/t11-/m1/s1. The lowest BCUT2D eigenvalue weighted by atomic mass is 10.1. The molecule has 2 aliphatic rings. The van der Waals surface area contributed by atoms with E-state index < -0.39 is 0 Å². The number of rotatable bonds is 4. The van der Waals surface area contributed by atoms with Gasteiger partial charge in [-0.3, -0.25) is 9.48 Å². The SMILES string of the molecule is Cc1nn(C)c(C)c1C(=O)OC[C@@H]1CC(=O)N(C2CC2)C1. The van der Waals surface area contributed by atoms with Gasteiger partial charge in [0.2, 0.25) is 5.91 Å². The number of likely N-dealkylation sites (tertiary alicyclic amines) is 1. The Bertz CT molecular complexity index is 589. The van der Waals surface area contributed by atoms with Gasteiger partial charge in [0.15, 0.2) is 0 Å². The van der Waals surface area contributed by atoms with Crippen molar-refractivity contribution >= 4 is 11.9 Å². The van der Waals surface area contributed by atoms with Gasteiger partial charge >= 0.3 is 5.97 Å². The molecule has 1 aromatic heterocycles. The number of ether oxygens (including phenoxy) is 1. The molecule has 0 spiro atoms. The lowest BCUT2D eigenvalue weighted by Gasteiger charge is -2.15. The summed E-state index contributed by atoms with van der Waals surface area (Å²) in [7, 11) is 1.81. The Kier molecular flexibility index (Phi) is 3.47. The van der Waals surface area contributed by atoms with E-state index in [1.807, 2.05) is 18.9 Å². The number of nitrogens with zero attached hydrogens (tertiary/aromatic N) is 3. The summed E-state index contributed by atoms with van der Waals surface area (Å²) < 4.78 is 7.09. The van der Waals surface area contributed by atoms with Crippen LogP contribution in [0.2, 0.25) is 0 Å². The van der Waals surface area contributed by atoms with Gasteiger partial charge in [-0.1, -0.05) is 0 Å². The Hall–Kier alpha value is -1.85. The Morgan fingerprint density at radius 3 is 2.67 bits per heavy atom. The lowest BCUT2D eigenvalue weighted by molar-refractivity contribution is -0.128. The van der Waals surface area contributed by atoms with Crippen LogP contribution in [0.5, 0.6) is 0 Å². The maximum absolute atomic E-state index is 12.2. The molecule has 2 fully saturated rings. The van der Waals surface area contributed by atoms with Crippen LogP contribution in [-0.4, -0.2) is 45.8 Å². The van der Waals surface area contributed by atoms with E-state index in [1.165, 1.54) is 0 Å². The zero-order valence-electron chi connectivity index (χ0n) is 12.8. The van der Waals surface area contributed by atoms with Gasteiger partial charge in [-0.25, -0.2) is 4.79 Å². The molecule has 6 heteroatoms. The Morgan fingerprint density at radius 1 is 1.38 bits per heavy atom. The summed E-state index contributed by atoms with van der Waals surface area (Å²) in [6.45, 7) is 4.69. The van der Waals surface area contributed by atoms with E-state index in [0.29, 0.717) is 30.3 Å². The zero-order chi connectivity index (χ0) is 15.1. The van der Waals surface area contributed by atoms with Crippen molar-refractivity contribution in [2.75, 3.05) is 13.2 Å². The van der Waals surface area contributed by atoms with Crippen molar-refractivity contribution < 1.29 is 14.3 Å². The van der Waals surface area contributed by atoms with Crippen LogP contribution in [0.1, 0.15) is 41.0 Å². The molecule has 2 heterocycles. The summed E-state index contributed by atoms with van der Waals surface area (Å²) in [5.41, 5.74) is 2.03. The zero-order valence-corrected chi connectivity index (χ0v) is 12.8. The molecule has 1 aliphatic carbocycles. The van der Waals surface area contributed by atoms with Crippen LogP contribution in [0.3, 0.4) is 0 Å². The van der Waals surface area contributed by atoms with E-state index in [9.17, 15) is 9.59 Å². The van der Waals surface area contributed by atoms with Crippen molar-refractivity contribution in [2.24, 2.45) is 13.0 Å². The molecule has 0 unspecified atom stereocenters. The first-order valence-electron chi connectivity index (χ1n) is 7.44. The van der Waals surface area contributed by atoms with Crippen molar-refractivity contribution in [1.82, 2.24) is 14.7 Å². The smallest absolute Gasteiger partial charge is 0.341 e. The van der Waals surface area contributed by atoms with Crippen molar-refractivity contribution in [3.63, 3.8) is 0 Å².